The highest BCUT2D eigenvalue weighted by Gasteiger charge is 2.23. The maximum absolute atomic E-state index is 5.73. The number of thiocarbonyl (C=S) groups is 1. The highest BCUT2D eigenvalue weighted by atomic mass is 32.1. The van der Waals surface area contributed by atoms with Gasteiger partial charge in [0.1, 0.15) is 10.8 Å². The van der Waals surface area contributed by atoms with E-state index in [0.29, 0.717) is 4.99 Å². The van der Waals surface area contributed by atoms with Gasteiger partial charge in [-0.1, -0.05) is 32.0 Å². The fraction of sp³-hybridized carbons (Fsp3) is 0.571. The number of hydrogen-bond donors (Lipinski definition) is 2. The first-order valence-electron chi connectivity index (χ1n) is 6.59. The smallest absolute Gasteiger partial charge is 0.136 e. The Kier molecular flexibility index (Phi) is 4.17. The number of aryl methyl sites for hydroxylation is 1. The second-order valence-corrected chi connectivity index (χ2v) is 5.70. The average molecular weight is 263 g/mol. The molecule has 0 spiro atoms. The predicted octanol–water partition coefficient (Wildman–Crippen LogP) is 2.87. The number of aromatic nitrogens is 1. The molecule has 1 fully saturated rings. The first kappa shape index (κ1) is 13.3. The average Bonchev–Trinajstić information content (AvgIpc) is 2.72. The lowest BCUT2D eigenvalue weighted by atomic mass is 9.98. The third kappa shape index (κ3) is 2.99. The molecule has 0 radical (unpaired) electrons. The molecule has 1 heterocycles. The molecule has 0 aliphatic heterocycles. The standard InChI is InChI=1S/C14H21N3S/c1-9-4-3-5-11(9)8-16-14-12(13(15)18)7-6-10(2)17-14/h6-7,9,11H,3-5,8H2,1-2H3,(H2,15,18)(H,16,17). The number of pyridine rings is 1. The minimum Gasteiger partial charge on any atom is -0.389 e. The van der Waals surface area contributed by atoms with E-state index in [-0.39, 0.29) is 0 Å². The SMILES string of the molecule is Cc1ccc(C(N)=S)c(NCC2CCCC2C)n1. The van der Waals surface area contributed by atoms with E-state index in [2.05, 4.69) is 17.2 Å². The minimum atomic E-state index is 0.407. The van der Waals surface area contributed by atoms with Gasteiger partial charge in [-0.2, -0.15) is 0 Å². The molecule has 0 aromatic carbocycles. The lowest BCUT2D eigenvalue weighted by Crippen LogP contribution is -2.20. The Hall–Kier alpha value is -1.16. The van der Waals surface area contributed by atoms with Crippen molar-refractivity contribution in [1.82, 2.24) is 4.98 Å². The number of nitrogens with one attached hydrogen (secondary N) is 1. The van der Waals surface area contributed by atoms with E-state index in [4.69, 9.17) is 18.0 Å². The van der Waals surface area contributed by atoms with Crippen LogP contribution in [0.25, 0.3) is 0 Å². The summed E-state index contributed by atoms with van der Waals surface area (Å²) in [7, 11) is 0. The fourth-order valence-electron chi connectivity index (χ4n) is 2.64. The first-order chi connectivity index (χ1) is 8.58. The van der Waals surface area contributed by atoms with Gasteiger partial charge in [-0.25, -0.2) is 4.98 Å². The zero-order valence-corrected chi connectivity index (χ0v) is 11.9. The molecular weight excluding hydrogens is 242 g/mol. The van der Waals surface area contributed by atoms with E-state index in [1.54, 1.807) is 0 Å². The number of hydrogen-bond acceptors (Lipinski definition) is 3. The van der Waals surface area contributed by atoms with E-state index in [1.807, 2.05) is 19.1 Å². The Morgan fingerprint density at radius 1 is 1.50 bits per heavy atom. The van der Waals surface area contributed by atoms with Crippen molar-refractivity contribution in [3.05, 3.63) is 23.4 Å². The van der Waals surface area contributed by atoms with Crippen LogP contribution in [0.4, 0.5) is 5.82 Å². The molecule has 1 aliphatic rings. The molecule has 1 aliphatic carbocycles. The van der Waals surface area contributed by atoms with Crippen LogP contribution in [-0.2, 0) is 0 Å². The van der Waals surface area contributed by atoms with Crippen molar-refractivity contribution in [3.63, 3.8) is 0 Å². The molecule has 1 aromatic heterocycles. The van der Waals surface area contributed by atoms with Crippen molar-refractivity contribution in [2.45, 2.75) is 33.1 Å². The Bertz CT molecular complexity index is 445. The molecule has 4 heteroatoms. The third-order valence-corrected chi connectivity index (χ3v) is 4.09. The summed E-state index contributed by atoms with van der Waals surface area (Å²) in [5.74, 6) is 2.38. The Balaban J connectivity index is 2.08. The minimum absolute atomic E-state index is 0.407. The van der Waals surface area contributed by atoms with Crippen LogP contribution in [0.1, 0.15) is 37.4 Å². The number of nitrogens with zero attached hydrogens (tertiary/aromatic N) is 1. The normalized spacial score (nSPS) is 23.0. The fourth-order valence-corrected chi connectivity index (χ4v) is 2.81. The van der Waals surface area contributed by atoms with Gasteiger partial charge in [-0.3, -0.25) is 0 Å². The highest BCUT2D eigenvalue weighted by molar-refractivity contribution is 7.80. The van der Waals surface area contributed by atoms with Crippen molar-refractivity contribution in [2.24, 2.45) is 17.6 Å². The van der Waals surface area contributed by atoms with Gasteiger partial charge in [-0.05, 0) is 37.3 Å². The largest absolute Gasteiger partial charge is 0.389 e. The summed E-state index contributed by atoms with van der Waals surface area (Å²) < 4.78 is 0. The molecule has 1 aromatic rings. The van der Waals surface area contributed by atoms with E-state index in [1.165, 1.54) is 19.3 Å². The number of anilines is 1. The molecule has 3 N–H and O–H groups in total. The molecule has 98 valence electrons. The van der Waals surface area contributed by atoms with Gasteiger partial charge in [0.15, 0.2) is 0 Å². The zero-order valence-electron chi connectivity index (χ0n) is 11.1. The lowest BCUT2D eigenvalue weighted by molar-refractivity contribution is 0.439. The van der Waals surface area contributed by atoms with Crippen molar-refractivity contribution >= 4 is 23.0 Å². The maximum atomic E-state index is 5.73. The van der Waals surface area contributed by atoms with Gasteiger partial charge in [0, 0.05) is 12.2 Å². The van der Waals surface area contributed by atoms with Gasteiger partial charge in [-0.15, -0.1) is 0 Å². The molecule has 1 saturated carbocycles. The molecule has 0 saturated heterocycles. The highest BCUT2D eigenvalue weighted by Crippen LogP contribution is 2.31. The van der Waals surface area contributed by atoms with Gasteiger partial charge >= 0.3 is 0 Å². The van der Waals surface area contributed by atoms with Crippen molar-refractivity contribution in [3.8, 4) is 0 Å². The van der Waals surface area contributed by atoms with E-state index >= 15 is 0 Å². The second kappa shape index (κ2) is 5.65. The van der Waals surface area contributed by atoms with Gasteiger partial charge in [0.25, 0.3) is 0 Å². The van der Waals surface area contributed by atoms with Crippen LogP contribution in [0.15, 0.2) is 12.1 Å². The zero-order chi connectivity index (χ0) is 13.1. The van der Waals surface area contributed by atoms with Crippen LogP contribution < -0.4 is 11.1 Å². The molecule has 2 atom stereocenters. The maximum Gasteiger partial charge on any atom is 0.136 e. The van der Waals surface area contributed by atoms with Gasteiger partial charge < -0.3 is 11.1 Å². The summed E-state index contributed by atoms with van der Waals surface area (Å²) >= 11 is 5.06. The summed E-state index contributed by atoms with van der Waals surface area (Å²) in [5, 5.41) is 3.43. The van der Waals surface area contributed by atoms with E-state index < -0.39 is 0 Å². The third-order valence-electron chi connectivity index (χ3n) is 3.87. The van der Waals surface area contributed by atoms with Crippen LogP contribution in [-0.4, -0.2) is 16.5 Å². The monoisotopic (exact) mass is 263 g/mol. The van der Waals surface area contributed by atoms with Crippen LogP contribution in [0.2, 0.25) is 0 Å². The lowest BCUT2D eigenvalue weighted by Gasteiger charge is -2.18. The van der Waals surface area contributed by atoms with Crippen LogP contribution in [0, 0.1) is 18.8 Å². The molecule has 2 rings (SSSR count). The topological polar surface area (TPSA) is 50.9 Å². The molecule has 0 amide bonds. The van der Waals surface area contributed by atoms with Crippen molar-refractivity contribution in [2.75, 3.05) is 11.9 Å². The Morgan fingerprint density at radius 2 is 2.28 bits per heavy atom. The molecule has 3 nitrogen and oxygen atoms in total. The molecule has 18 heavy (non-hydrogen) atoms. The Morgan fingerprint density at radius 3 is 2.89 bits per heavy atom. The van der Waals surface area contributed by atoms with Crippen molar-refractivity contribution < 1.29 is 0 Å². The van der Waals surface area contributed by atoms with Gasteiger partial charge in [0.05, 0.1) is 5.56 Å². The summed E-state index contributed by atoms with van der Waals surface area (Å²) in [4.78, 5) is 4.91. The van der Waals surface area contributed by atoms with Gasteiger partial charge in [0.2, 0.25) is 0 Å². The molecule has 0 bridgehead atoms. The van der Waals surface area contributed by atoms with Crippen LogP contribution in [0.5, 0.6) is 0 Å². The number of nitrogens with two attached hydrogens (primary N) is 1. The van der Waals surface area contributed by atoms with Crippen molar-refractivity contribution in [1.29, 1.82) is 0 Å². The van der Waals surface area contributed by atoms with Crippen LogP contribution in [0.3, 0.4) is 0 Å². The quantitative estimate of drug-likeness (QED) is 0.820. The summed E-state index contributed by atoms with van der Waals surface area (Å²) in [6, 6.07) is 3.89. The molecule has 2 unspecified atom stereocenters. The first-order valence-corrected chi connectivity index (χ1v) is 7.00. The molecular formula is C14H21N3S. The Labute approximate surface area is 114 Å². The number of rotatable bonds is 4. The predicted molar refractivity (Wildman–Crippen MR) is 79.9 cm³/mol. The van der Waals surface area contributed by atoms with E-state index in [0.717, 1.165) is 35.5 Å². The summed E-state index contributed by atoms with van der Waals surface area (Å²) in [5.41, 5.74) is 7.56. The van der Waals surface area contributed by atoms with Crippen LogP contribution >= 0.6 is 12.2 Å². The summed E-state index contributed by atoms with van der Waals surface area (Å²) in [6.07, 6.45) is 4.00. The van der Waals surface area contributed by atoms with E-state index in [9.17, 15) is 0 Å². The summed E-state index contributed by atoms with van der Waals surface area (Å²) in [6.45, 7) is 5.28. The second-order valence-electron chi connectivity index (χ2n) is 5.26.